The standard InChI is InChI=1S/C27H37N3O3S/c1-20(2)23-14-11-15-24(21(3)4)26(23)28-25(31)18-29-19-27(16-9-6-10-17-27)30(34(29,32)33)22-12-7-5-8-13-22/h5,7-8,11-15,20-21H,6,9-10,16-19H2,1-4H3,(H,28,31). The van der Waals surface area contributed by atoms with Crippen LogP contribution in [-0.4, -0.2) is 37.3 Å². The summed E-state index contributed by atoms with van der Waals surface area (Å²) in [6, 6.07) is 15.4. The normalized spacial score (nSPS) is 19.8. The number of carbonyl (C=O) groups is 1. The van der Waals surface area contributed by atoms with E-state index >= 15 is 0 Å². The summed E-state index contributed by atoms with van der Waals surface area (Å²) in [6.07, 6.45) is 4.74. The van der Waals surface area contributed by atoms with E-state index < -0.39 is 15.7 Å². The van der Waals surface area contributed by atoms with Crippen LogP contribution in [0.1, 0.15) is 82.8 Å². The lowest BCUT2D eigenvalue weighted by molar-refractivity contribution is -0.116. The Morgan fingerprint density at radius 3 is 2.06 bits per heavy atom. The van der Waals surface area contributed by atoms with E-state index in [0.717, 1.165) is 48.9 Å². The molecule has 1 aliphatic carbocycles. The van der Waals surface area contributed by atoms with Gasteiger partial charge in [-0.05, 0) is 47.9 Å². The van der Waals surface area contributed by atoms with Gasteiger partial charge in [-0.15, -0.1) is 0 Å². The molecule has 0 unspecified atom stereocenters. The second kappa shape index (κ2) is 9.70. The van der Waals surface area contributed by atoms with Crippen LogP contribution in [-0.2, 0) is 15.0 Å². The Morgan fingerprint density at radius 1 is 0.912 bits per heavy atom. The zero-order chi connectivity index (χ0) is 24.5. The molecular weight excluding hydrogens is 446 g/mol. The van der Waals surface area contributed by atoms with Crippen molar-refractivity contribution in [3.8, 4) is 0 Å². The van der Waals surface area contributed by atoms with E-state index in [1.54, 1.807) is 4.31 Å². The van der Waals surface area contributed by atoms with Crippen molar-refractivity contribution in [2.75, 3.05) is 22.7 Å². The Morgan fingerprint density at radius 2 is 1.50 bits per heavy atom. The van der Waals surface area contributed by atoms with E-state index in [-0.39, 0.29) is 24.3 Å². The first kappa shape index (κ1) is 24.7. The second-order valence-electron chi connectivity index (χ2n) is 10.3. The van der Waals surface area contributed by atoms with Crippen LogP contribution in [0.2, 0.25) is 0 Å². The molecule has 34 heavy (non-hydrogen) atoms. The number of amides is 1. The Balaban J connectivity index is 1.63. The SMILES string of the molecule is CC(C)c1cccc(C(C)C)c1NC(=O)CN1CC2(CCCCC2)N(c2ccccc2)S1(=O)=O. The molecule has 1 heterocycles. The summed E-state index contributed by atoms with van der Waals surface area (Å²) in [6.45, 7) is 8.57. The maximum Gasteiger partial charge on any atom is 0.305 e. The summed E-state index contributed by atoms with van der Waals surface area (Å²) in [5.74, 6) is 0.187. The summed E-state index contributed by atoms with van der Waals surface area (Å²) >= 11 is 0. The van der Waals surface area contributed by atoms with Gasteiger partial charge in [-0.2, -0.15) is 12.7 Å². The van der Waals surface area contributed by atoms with Gasteiger partial charge in [0.2, 0.25) is 5.91 Å². The zero-order valence-electron chi connectivity index (χ0n) is 20.8. The fourth-order valence-electron chi connectivity index (χ4n) is 5.55. The van der Waals surface area contributed by atoms with Crippen molar-refractivity contribution in [2.45, 2.75) is 77.2 Å². The number of nitrogens with zero attached hydrogens (tertiary/aromatic N) is 2. The van der Waals surface area contributed by atoms with Crippen molar-refractivity contribution >= 4 is 27.5 Å². The molecule has 0 aromatic heterocycles. The highest BCUT2D eigenvalue weighted by Gasteiger charge is 2.54. The van der Waals surface area contributed by atoms with Crippen molar-refractivity contribution in [3.63, 3.8) is 0 Å². The molecule has 0 radical (unpaired) electrons. The first-order chi connectivity index (χ1) is 16.2. The Kier molecular flexibility index (Phi) is 7.06. The zero-order valence-corrected chi connectivity index (χ0v) is 21.6. The predicted molar refractivity (Wildman–Crippen MR) is 138 cm³/mol. The predicted octanol–water partition coefficient (Wildman–Crippen LogP) is 5.64. The van der Waals surface area contributed by atoms with Crippen LogP contribution in [0.15, 0.2) is 48.5 Å². The van der Waals surface area contributed by atoms with E-state index in [9.17, 15) is 13.2 Å². The second-order valence-corrected chi connectivity index (χ2v) is 12.1. The maximum absolute atomic E-state index is 13.8. The topological polar surface area (TPSA) is 69.7 Å². The highest BCUT2D eigenvalue weighted by atomic mass is 32.2. The Labute approximate surface area is 204 Å². The third kappa shape index (κ3) is 4.60. The average molecular weight is 484 g/mol. The van der Waals surface area contributed by atoms with E-state index in [1.165, 1.54) is 4.31 Å². The number of anilines is 2. The molecule has 0 atom stereocenters. The molecule has 1 saturated heterocycles. The molecule has 4 rings (SSSR count). The molecule has 7 heteroatoms. The van der Waals surface area contributed by atoms with Crippen LogP contribution in [0.4, 0.5) is 11.4 Å². The molecule has 1 amide bonds. The van der Waals surface area contributed by atoms with Crippen LogP contribution < -0.4 is 9.62 Å². The van der Waals surface area contributed by atoms with Crippen molar-refractivity contribution in [3.05, 3.63) is 59.7 Å². The van der Waals surface area contributed by atoms with Crippen molar-refractivity contribution in [1.29, 1.82) is 0 Å². The summed E-state index contributed by atoms with van der Waals surface area (Å²) in [5, 5.41) is 3.09. The fraction of sp³-hybridized carbons (Fsp3) is 0.519. The highest BCUT2D eigenvalue weighted by molar-refractivity contribution is 7.90. The lowest BCUT2D eigenvalue weighted by Gasteiger charge is -2.39. The first-order valence-corrected chi connectivity index (χ1v) is 13.8. The molecule has 1 saturated carbocycles. The fourth-order valence-corrected chi connectivity index (χ4v) is 7.58. The van der Waals surface area contributed by atoms with Crippen molar-refractivity contribution in [2.24, 2.45) is 0 Å². The Bertz CT molecular complexity index is 1100. The van der Waals surface area contributed by atoms with Crippen LogP contribution in [0.3, 0.4) is 0 Å². The molecule has 6 nitrogen and oxygen atoms in total. The van der Waals surface area contributed by atoms with Gasteiger partial charge >= 0.3 is 10.2 Å². The molecule has 1 aliphatic heterocycles. The number of rotatable bonds is 6. The van der Waals surface area contributed by atoms with Gasteiger partial charge in [0, 0.05) is 12.2 Å². The molecule has 1 spiro atoms. The van der Waals surface area contributed by atoms with Gasteiger partial charge in [0.15, 0.2) is 0 Å². The third-order valence-corrected chi connectivity index (χ3v) is 9.16. The largest absolute Gasteiger partial charge is 0.324 e. The van der Waals surface area contributed by atoms with Crippen LogP contribution in [0.25, 0.3) is 0 Å². The quantitative estimate of drug-likeness (QED) is 0.578. The molecular formula is C27H37N3O3S. The number of nitrogens with one attached hydrogen (secondary N) is 1. The average Bonchev–Trinajstić information content (AvgIpc) is 2.99. The molecule has 184 valence electrons. The van der Waals surface area contributed by atoms with Gasteiger partial charge in [-0.3, -0.25) is 9.10 Å². The first-order valence-electron chi connectivity index (χ1n) is 12.4. The van der Waals surface area contributed by atoms with Gasteiger partial charge in [-0.1, -0.05) is 83.4 Å². The number of carbonyl (C=O) groups excluding carboxylic acids is 1. The third-order valence-electron chi connectivity index (χ3n) is 7.19. The van der Waals surface area contributed by atoms with Gasteiger partial charge in [0.05, 0.1) is 17.8 Å². The number of para-hydroxylation sites is 2. The maximum atomic E-state index is 13.8. The van der Waals surface area contributed by atoms with Gasteiger partial charge in [-0.25, -0.2) is 0 Å². The summed E-state index contributed by atoms with van der Waals surface area (Å²) < 4.78 is 30.5. The van der Waals surface area contributed by atoms with Crippen LogP contribution in [0.5, 0.6) is 0 Å². The Hall–Kier alpha value is -2.38. The summed E-state index contributed by atoms with van der Waals surface area (Å²) in [7, 11) is -3.82. The van der Waals surface area contributed by atoms with E-state index in [2.05, 4.69) is 33.0 Å². The molecule has 2 fully saturated rings. The number of hydrogen-bond donors (Lipinski definition) is 1. The lowest BCUT2D eigenvalue weighted by Crippen LogP contribution is -2.48. The monoisotopic (exact) mass is 483 g/mol. The minimum absolute atomic E-state index is 0.183. The number of hydrogen-bond acceptors (Lipinski definition) is 3. The van der Waals surface area contributed by atoms with Crippen LogP contribution >= 0.6 is 0 Å². The molecule has 1 N–H and O–H groups in total. The highest BCUT2D eigenvalue weighted by Crippen LogP contribution is 2.45. The van der Waals surface area contributed by atoms with Crippen molar-refractivity contribution in [1.82, 2.24) is 4.31 Å². The smallest absolute Gasteiger partial charge is 0.305 e. The van der Waals surface area contributed by atoms with E-state index in [1.807, 2.05) is 48.5 Å². The van der Waals surface area contributed by atoms with E-state index in [4.69, 9.17) is 0 Å². The summed E-state index contributed by atoms with van der Waals surface area (Å²) in [4.78, 5) is 13.3. The minimum atomic E-state index is -3.82. The van der Waals surface area contributed by atoms with E-state index in [0.29, 0.717) is 12.2 Å². The molecule has 0 bridgehead atoms. The van der Waals surface area contributed by atoms with Gasteiger partial charge < -0.3 is 5.32 Å². The number of benzene rings is 2. The minimum Gasteiger partial charge on any atom is -0.324 e. The van der Waals surface area contributed by atoms with Gasteiger partial charge in [0.25, 0.3) is 0 Å². The van der Waals surface area contributed by atoms with Crippen LogP contribution in [0, 0.1) is 0 Å². The molecule has 2 aromatic carbocycles. The van der Waals surface area contributed by atoms with Gasteiger partial charge in [0.1, 0.15) is 0 Å². The molecule has 2 aliphatic rings. The molecule has 2 aromatic rings. The lowest BCUT2D eigenvalue weighted by atomic mass is 9.81. The summed E-state index contributed by atoms with van der Waals surface area (Å²) in [5.41, 5.74) is 3.15. The van der Waals surface area contributed by atoms with Crippen molar-refractivity contribution < 1.29 is 13.2 Å².